The second-order valence-corrected chi connectivity index (χ2v) is 8.30. The lowest BCUT2D eigenvalue weighted by molar-refractivity contribution is 0.470. The third-order valence-corrected chi connectivity index (χ3v) is 6.67. The molecule has 0 spiro atoms. The van der Waals surface area contributed by atoms with E-state index in [0.29, 0.717) is 5.92 Å². The number of anilines is 3. The fraction of sp³-hybridized carbons (Fsp3) is 0.333. The van der Waals surface area contributed by atoms with Crippen LogP contribution in [0, 0.1) is 5.92 Å². The number of benzene rings is 3. The minimum Gasteiger partial charge on any atom is -0.371 e. The molecular formula is C24H25N3. The zero-order chi connectivity index (χ0) is 17.8. The van der Waals surface area contributed by atoms with Crippen molar-refractivity contribution >= 4 is 27.8 Å². The molecule has 3 nitrogen and oxygen atoms in total. The van der Waals surface area contributed by atoms with Crippen molar-refractivity contribution in [2.75, 3.05) is 36.4 Å². The molecule has 0 aliphatic carbocycles. The zero-order valence-corrected chi connectivity index (χ0v) is 15.5. The molecule has 2 N–H and O–H groups in total. The van der Waals surface area contributed by atoms with E-state index in [4.69, 9.17) is 0 Å². The van der Waals surface area contributed by atoms with Crippen molar-refractivity contribution in [1.29, 1.82) is 0 Å². The predicted octanol–water partition coefficient (Wildman–Crippen LogP) is 4.65. The highest BCUT2D eigenvalue weighted by Crippen LogP contribution is 2.46. The monoisotopic (exact) mass is 355 g/mol. The second-order valence-electron chi connectivity index (χ2n) is 8.30. The first-order valence-corrected chi connectivity index (χ1v) is 10.2. The minimum atomic E-state index is 0.669. The Morgan fingerprint density at radius 1 is 1.00 bits per heavy atom. The lowest BCUT2D eigenvalue weighted by Gasteiger charge is -2.42. The van der Waals surface area contributed by atoms with Crippen molar-refractivity contribution in [3.05, 3.63) is 65.7 Å². The molecule has 3 heterocycles. The van der Waals surface area contributed by atoms with Gasteiger partial charge in [0.1, 0.15) is 0 Å². The Hall–Kier alpha value is -2.52. The zero-order valence-electron chi connectivity index (χ0n) is 15.5. The van der Waals surface area contributed by atoms with Crippen LogP contribution >= 0.6 is 0 Å². The average Bonchev–Trinajstić information content (AvgIpc) is 3.17. The van der Waals surface area contributed by atoms with Crippen molar-refractivity contribution < 1.29 is 0 Å². The second kappa shape index (κ2) is 6.00. The van der Waals surface area contributed by atoms with E-state index in [9.17, 15) is 0 Å². The van der Waals surface area contributed by atoms with Gasteiger partial charge in [-0.05, 0) is 53.5 Å². The molecule has 3 aliphatic rings. The molecule has 136 valence electrons. The van der Waals surface area contributed by atoms with Crippen LogP contribution in [0.5, 0.6) is 0 Å². The summed E-state index contributed by atoms with van der Waals surface area (Å²) in [5.74, 6) is 1.43. The summed E-state index contributed by atoms with van der Waals surface area (Å²) in [6, 6.07) is 20.0. The minimum absolute atomic E-state index is 0.669. The first-order chi connectivity index (χ1) is 13.4. The molecule has 3 aromatic carbocycles. The molecule has 1 saturated heterocycles. The van der Waals surface area contributed by atoms with Crippen LogP contribution in [0.2, 0.25) is 0 Å². The van der Waals surface area contributed by atoms with Crippen LogP contribution in [0.25, 0.3) is 10.8 Å². The third-order valence-electron chi connectivity index (χ3n) is 6.67. The first-order valence-electron chi connectivity index (χ1n) is 10.2. The summed E-state index contributed by atoms with van der Waals surface area (Å²) < 4.78 is 0. The van der Waals surface area contributed by atoms with Crippen LogP contribution in [-0.2, 0) is 6.42 Å². The predicted molar refractivity (Wildman–Crippen MR) is 113 cm³/mol. The Kier molecular flexibility index (Phi) is 3.45. The molecule has 3 aliphatic heterocycles. The number of hydrogen-bond donors (Lipinski definition) is 2. The Labute approximate surface area is 160 Å². The van der Waals surface area contributed by atoms with Crippen LogP contribution in [0.15, 0.2) is 54.6 Å². The van der Waals surface area contributed by atoms with E-state index in [1.807, 2.05) is 0 Å². The van der Waals surface area contributed by atoms with Gasteiger partial charge >= 0.3 is 0 Å². The molecule has 3 aromatic rings. The number of aryl methyl sites for hydroxylation is 1. The van der Waals surface area contributed by atoms with Crippen LogP contribution in [0.4, 0.5) is 17.1 Å². The summed E-state index contributed by atoms with van der Waals surface area (Å²) in [6.45, 7) is 4.74. The van der Waals surface area contributed by atoms with Gasteiger partial charge in [-0.1, -0.05) is 36.4 Å². The van der Waals surface area contributed by atoms with E-state index < -0.39 is 0 Å². The van der Waals surface area contributed by atoms with Crippen LogP contribution < -0.4 is 15.5 Å². The molecule has 0 radical (unpaired) electrons. The highest BCUT2D eigenvalue weighted by Gasteiger charge is 2.38. The molecule has 0 aromatic heterocycles. The highest BCUT2D eigenvalue weighted by molar-refractivity contribution is 5.95. The molecule has 1 fully saturated rings. The van der Waals surface area contributed by atoms with E-state index in [1.165, 1.54) is 53.6 Å². The van der Waals surface area contributed by atoms with Gasteiger partial charge in [0, 0.05) is 54.5 Å². The Morgan fingerprint density at radius 2 is 1.93 bits per heavy atom. The normalized spacial score (nSPS) is 23.2. The number of nitrogens with one attached hydrogen (secondary N) is 2. The number of fused-ring (bicyclic) bond motifs is 3. The van der Waals surface area contributed by atoms with Gasteiger partial charge < -0.3 is 15.5 Å². The number of rotatable bonds is 2. The molecule has 0 amide bonds. The van der Waals surface area contributed by atoms with Crippen molar-refractivity contribution in [3.8, 4) is 0 Å². The van der Waals surface area contributed by atoms with Gasteiger partial charge in [-0.15, -0.1) is 0 Å². The van der Waals surface area contributed by atoms with Crippen molar-refractivity contribution in [2.45, 2.75) is 18.8 Å². The standard InChI is InChI=1S/C24H25N3/c1-2-8-20-16(5-1)6-3-9-23(20)26-19-11-17-7-4-10-27-15-18-13-25-14-22(18)21(12-19)24(17)27/h1-3,5-6,8-9,11-12,18,22,25-26H,4,7,10,13-15H2/t18-,22-/m1/s1. The van der Waals surface area contributed by atoms with E-state index in [2.05, 4.69) is 70.1 Å². The van der Waals surface area contributed by atoms with Gasteiger partial charge in [0.2, 0.25) is 0 Å². The quantitative estimate of drug-likeness (QED) is 0.700. The van der Waals surface area contributed by atoms with Gasteiger partial charge in [-0.3, -0.25) is 0 Å². The fourth-order valence-corrected chi connectivity index (χ4v) is 5.47. The molecule has 27 heavy (non-hydrogen) atoms. The van der Waals surface area contributed by atoms with Crippen molar-refractivity contribution in [1.82, 2.24) is 5.32 Å². The fourth-order valence-electron chi connectivity index (χ4n) is 5.47. The topological polar surface area (TPSA) is 27.3 Å². The van der Waals surface area contributed by atoms with E-state index in [1.54, 1.807) is 11.3 Å². The summed E-state index contributed by atoms with van der Waals surface area (Å²) >= 11 is 0. The molecule has 6 rings (SSSR count). The molecule has 0 saturated carbocycles. The first kappa shape index (κ1) is 15.5. The molecule has 3 heteroatoms. The largest absolute Gasteiger partial charge is 0.371 e. The number of hydrogen-bond acceptors (Lipinski definition) is 3. The van der Waals surface area contributed by atoms with Crippen LogP contribution in [0.3, 0.4) is 0 Å². The van der Waals surface area contributed by atoms with Gasteiger partial charge in [0.05, 0.1) is 0 Å². The van der Waals surface area contributed by atoms with Crippen LogP contribution in [0.1, 0.15) is 23.5 Å². The smallest absolute Gasteiger partial charge is 0.0463 e. The van der Waals surface area contributed by atoms with Gasteiger partial charge in [0.25, 0.3) is 0 Å². The maximum absolute atomic E-state index is 3.75. The van der Waals surface area contributed by atoms with Crippen molar-refractivity contribution in [3.63, 3.8) is 0 Å². The Balaban J connectivity index is 1.46. The number of nitrogens with zero attached hydrogens (tertiary/aromatic N) is 1. The summed E-state index contributed by atoms with van der Waals surface area (Å²) in [5, 5.41) is 9.96. The lowest BCUT2D eigenvalue weighted by atomic mass is 9.80. The summed E-state index contributed by atoms with van der Waals surface area (Å²) in [6.07, 6.45) is 2.48. The summed E-state index contributed by atoms with van der Waals surface area (Å²) in [5.41, 5.74) is 7.09. The maximum Gasteiger partial charge on any atom is 0.0463 e. The molecular weight excluding hydrogens is 330 g/mol. The SMILES string of the molecule is c1ccc2c(Nc3cc4c5c(c3)[C@@H]3CNC[C@@H]3CN5CCC4)cccc2c1. The van der Waals surface area contributed by atoms with Crippen molar-refractivity contribution in [2.24, 2.45) is 5.92 Å². The molecule has 2 atom stereocenters. The lowest BCUT2D eigenvalue weighted by Crippen LogP contribution is -2.41. The summed E-state index contributed by atoms with van der Waals surface area (Å²) in [4.78, 5) is 2.66. The Bertz CT molecular complexity index is 1020. The van der Waals surface area contributed by atoms with Gasteiger partial charge in [-0.2, -0.15) is 0 Å². The van der Waals surface area contributed by atoms with E-state index >= 15 is 0 Å². The summed E-state index contributed by atoms with van der Waals surface area (Å²) in [7, 11) is 0. The molecule has 0 unspecified atom stereocenters. The van der Waals surface area contributed by atoms with Crippen LogP contribution in [-0.4, -0.2) is 26.2 Å². The van der Waals surface area contributed by atoms with E-state index in [-0.39, 0.29) is 0 Å². The van der Waals surface area contributed by atoms with E-state index in [0.717, 1.165) is 19.0 Å². The van der Waals surface area contributed by atoms with Gasteiger partial charge in [-0.25, -0.2) is 0 Å². The van der Waals surface area contributed by atoms with Gasteiger partial charge in [0.15, 0.2) is 0 Å². The molecule has 0 bridgehead atoms. The highest BCUT2D eigenvalue weighted by atomic mass is 15.2. The Morgan fingerprint density at radius 3 is 2.93 bits per heavy atom. The maximum atomic E-state index is 3.75. The average molecular weight is 355 g/mol. The third kappa shape index (κ3) is 2.45.